The van der Waals surface area contributed by atoms with Crippen molar-refractivity contribution in [3.63, 3.8) is 0 Å². The first-order valence-corrected chi connectivity index (χ1v) is 3.55. The zero-order valence-corrected chi connectivity index (χ0v) is 6.17. The first kappa shape index (κ1) is 7.57. The van der Waals surface area contributed by atoms with E-state index in [1.165, 1.54) is 0 Å². The fourth-order valence-electron chi connectivity index (χ4n) is 1.11. The second-order valence-corrected chi connectivity index (χ2v) is 2.42. The highest BCUT2D eigenvalue weighted by Gasteiger charge is 2.06. The van der Waals surface area contributed by atoms with Crippen LogP contribution in [0.2, 0.25) is 0 Å². The monoisotopic (exact) mass is 144 g/mol. The van der Waals surface area contributed by atoms with Crippen molar-refractivity contribution in [2.45, 2.75) is 19.3 Å². The highest BCUT2D eigenvalue weighted by Crippen LogP contribution is 2.19. The van der Waals surface area contributed by atoms with E-state index >= 15 is 0 Å². The summed E-state index contributed by atoms with van der Waals surface area (Å²) in [4.78, 5) is 0. The minimum Gasteiger partial charge on any atom is -0.192 e. The SMILES string of the molecule is N#CC(C#N)=C1CC=CCC1. The summed E-state index contributed by atoms with van der Waals surface area (Å²) in [6, 6.07) is 3.81. The third-order valence-electron chi connectivity index (χ3n) is 1.72. The number of hydrogen-bond acceptors (Lipinski definition) is 2. The maximum Gasteiger partial charge on any atom is 0.129 e. The molecule has 0 unspecified atom stereocenters. The third-order valence-corrected chi connectivity index (χ3v) is 1.72. The summed E-state index contributed by atoms with van der Waals surface area (Å²) in [6.07, 6.45) is 6.69. The maximum atomic E-state index is 8.52. The number of rotatable bonds is 0. The molecule has 0 aliphatic heterocycles. The van der Waals surface area contributed by atoms with Crippen molar-refractivity contribution < 1.29 is 0 Å². The lowest BCUT2D eigenvalue weighted by Crippen LogP contribution is -1.91. The molecule has 0 saturated heterocycles. The van der Waals surface area contributed by atoms with Gasteiger partial charge in [-0.05, 0) is 24.8 Å². The van der Waals surface area contributed by atoms with Crippen LogP contribution < -0.4 is 0 Å². The second-order valence-electron chi connectivity index (χ2n) is 2.42. The molecule has 2 heteroatoms. The predicted octanol–water partition coefficient (Wildman–Crippen LogP) is 2.07. The molecule has 0 aromatic heterocycles. The molecule has 0 heterocycles. The van der Waals surface area contributed by atoms with Gasteiger partial charge in [-0.2, -0.15) is 10.5 Å². The second kappa shape index (κ2) is 3.58. The molecule has 0 aromatic carbocycles. The summed E-state index contributed by atoms with van der Waals surface area (Å²) in [6.45, 7) is 0. The summed E-state index contributed by atoms with van der Waals surface area (Å²) in [5.74, 6) is 0. The average molecular weight is 144 g/mol. The van der Waals surface area contributed by atoms with Crippen LogP contribution in [-0.2, 0) is 0 Å². The van der Waals surface area contributed by atoms with Crippen LogP contribution in [0.5, 0.6) is 0 Å². The van der Waals surface area contributed by atoms with Crippen LogP contribution in [-0.4, -0.2) is 0 Å². The van der Waals surface area contributed by atoms with Crippen molar-refractivity contribution in [3.8, 4) is 12.1 Å². The topological polar surface area (TPSA) is 47.6 Å². The zero-order valence-electron chi connectivity index (χ0n) is 6.17. The van der Waals surface area contributed by atoms with E-state index < -0.39 is 0 Å². The molecule has 1 aliphatic rings. The molecular weight excluding hydrogens is 136 g/mol. The molecule has 2 nitrogen and oxygen atoms in total. The van der Waals surface area contributed by atoms with E-state index in [0.29, 0.717) is 5.57 Å². The Morgan fingerprint density at radius 3 is 2.45 bits per heavy atom. The summed E-state index contributed by atoms with van der Waals surface area (Å²) in [5, 5.41) is 17.0. The molecule has 11 heavy (non-hydrogen) atoms. The summed E-state index contributed by atoms with van der Waals surface area (Å²) < 4.78 is 0. The Hall–Kier alpha value is -1.54. The van der Waals surface area contributed by atoms with E-state index in [9.17, 15) is 0 Å². The van der Waals surface area contributed by atoms with E-state index in [0.717, 1.165) is 24.8 Å². The highest BCUT2D eigenvalue weighted by atomic mass is 14.3. The molecule has 0 amide bonds. The fourth-order valence-corrected chi connectivity index (χ4v) is 1.11. The first-order chi connectivity index (χ1) is 5.38. The molecule has 54 valence electrons. The van der Waals surface area contributed by atoms with Crippen LogP contribution in [0.25, 0.3) is 0 Å². The zero-order chi connectivity index (χ0) is 8.10. The molecule has 0 atom stereocenters. The largest absolute Gasteiger partial charge is 0.192 e. The van der Waals surface area contributed by atoms with Gasteiger partial charge in [0.1, 0.15) is 17.7 Å². The summed E-state index contributed by atoms with van der Waals surface area (Å²) in [7, 11) is 0. The average Bonchev–Trinajstić information content (AvgIpc) is 2.09. The van der Waals surface area contributed by atoms with Gasteiger partial charge in [-0.25, -0.2) is 0 Å². The molecule has 0 aromatic rings. The Labute approximate surface area is 66.1 Å². The van der Waals surface area contributed by atoms with Crippen molar-refractivity contribution in [2.75, 3.05) is 0 Å². The van der Waals surface area contributed by atoms with Crippen molar-refractivity contribution in [2.24, 2.45) is 0 Å². The van der Waals surface area contributed by atoms with Crippen LogP contribution >= 0.6 is 0 Å². The molecule has 1 rings (SSSR count). The van der Waals surface area contributed by atoms with Crippen molar-refractivity contribution in [1.82, 2.24) is 0 Å². The van der Waals surface area contributed by atoms with Crippen molar-refractivity contribution >= 4 is 0 Å². The molecule has 0 fully saturated rings. The molecule has 0 spiro atoms. The maximum absolute atomic E-state index is 8.52. The number of hydrogen-bond donors (Lipinski definition) is 0. The van der Waals surface area contributed by atoms with E-state index in [-0.39, 0.29) is 0 Å². The first-order valence-electron chi connectivity index (χ1n) is 3.55. The molecular formula is C9H8N2. The van der Waals surface area contributed by atoms with Crippen LogP contribution in [0.3, 0.4) is 0 Å². The number of allylic oxidation sites excluding steroid dienone is 4. The van der Waals surface area contributed by atoms with E-state index in [1.54, 1.807) is 0 Å². The van der Waals surface area contributed by atoms with Gasteiger partial charge in [0.25, 0.3) is 0 Å². The lowest BCUT2D eigenvalue weighted by atomic mass is 9.97. The lowest BCUT2D eigenvalue weighted by Gasteiger charge is -2.06. The molecule has 0 saturated carbocycles. The predicted molar refractivity (Wildman–Crippen MR) is 41.2 cm³/mol. The smallest absolute Gasteiger partial charge is 0.129 e. The highest BCUT2D eigenvalue weighted by molar-refractivity contribution is 5.41. The number of nitrogens with zero attached hydrogens (tertiary/aromatic N) is 2. The van der Waals surface area contributed by atoms with Crippen LogP contribution in [0, 0.1) is 22.7 Å². The Bertz CT molecular complexity index is 268. The van der Waals surface area contributed by atoms with E-state index in [4.69, 9.17) is 10.5 Å². The molecule has 0 bridgehead atoms. The van der Waals surface area contributed by atoms with Gasteiger partial charge in [0.2, 0.25) is 0 Å². The Kier molecular flexibility index (Phi) is 2.47. The third kappa shape index (κ3) is 1.69. The quantitative estimate of drug-likeness (QED) is 0.386. The molecule has 0 N–H and O–H groups in total. The molecule has 1 aliphatic carbocycles. The van der Waals surface area contributed by atoms with Crippen molar-refractivity contribution in [1.29, 1.82) is 10.5 Å². The van der Waals surface area contributed by atoms with Gasteiger partial charge >= 0.3 is 0 Å². The van der Waals surface area contributed by atoms with Crippen molar-refractivity contribution in [3.05, 3.63) is 23.3 Å². The van der Waals surface area contributed by atoms with Gasteiger partial charge < -0.3 is 0 Å². The van der Waals surface area contributed by atoms with Gasteiger partial charge in [-0.1, -0.05) is 12.2 Å². The fraction of sp³-hybridized carbons (Fsp3) is 0.333. The minimum atomic E-state index is 0.300. The van der Waals surface area contributed by atoms with Gasteiger partial charge in [0.15, 0.2) is 0 Å². The Morgan fingerprint density at radius 2 is 2.00 bits per heavy atom. The van der Waals surface area contributed by atoms with Gasteiger partial charge in [0, 0.05) is 0 Å². The molecule has 0 radical (unpaired) electrons. The summed E-state index contributed by atoms with van der Waals surface area (Å²) >= 11 is 0. The van der Waals surface area contributed by atoms with E-state index in [2.05, 4.69) is 6.08 Å². The standard InChI is InChI=1S/C9H8N2/c10-6-9(7-11)8-4-2-1-3-5-8/h1-2H,3-5H2. The Morgan fingerprint density at radius 1 is 1.27 bits per heavy atom. The van der Waals surface area contributed by atoms with Crippen LogP contribution in [0.15, 0.2) is 23.3 Å². The number of nitriles is 2. The van der Waals surface area contributed by atoms with Crippen LogP contribution in [0.1, 0.15) is 19.3 Å². The summed E-state index contributed by atoms with van der Waals surface area (Å²) in [5.41, 5.74) is 1.28. The van der Waals surface area contributed by atoms with Gasteiger partial charge in [0.05, 0.1) is 0 Å². The van der Waals surface area contributed by atoms with Gasteiger partial charge in [-0.15, -0.1) is 0 Å². The Balaban J connectivity index is 2.89. The normalized spacial score (nSPS) is 15.3. The lowest BCUT2D eigenvalue weighted by molar-refractivity contribution is 0.893. The van der Waals surface area contributed by atoms with E-state index in [1.807, 2.05) is 18.2 Å². The minimum absolute atomic E-state index is 0.300. The van der Waals surface area contributed by atoms with Crippen LogP contribution in [0.4, 0.5) is 0 Å². The van der Waals surface area contributed by atoms with Gasteiger partial charge in [-0.3, -0.25) is 0 Å².